The summed E-state index contributed by atoms with van der Waals surface area (Å²) < 4.78 is 5.75. The Labute approximate surface area is 123 Å². The molecule has 3 unspecified atom stereocenters. The molecule has 1 aliphatic rings. The van der Waals surface area contributed by atoms with Crippen molar-refractivity contribution >= 4 is 0 Å². The van der Waals surface area contributed by atoms with Gasteiger partial charge in [0.15, 0.2) is 0 Å². The first-order valence-corrected chi connectivity index (χ1v) is 8.20. The summed E-state index contributed by atoms with van der Waals surface area (Å²) in [5.74, 6) is 0.594. The summed E-state index contributed by atoms with van der Waals surface area (Å²) in [6.45, 7) is 8.55. The van der Waals surface area contributed by atoms with Crippen molar-refractivity contribution in [3.63, 3.8) is 0 Å². The molecular formula is C18H29NO. The molecule has 20 heavy (non-hydrogen) atoms. The first kappa shape index (κ1) is 15.5. The van der Waals surface area contributed by atoms with Crippen LogP contribution < -0.4 is 5.32 Å². The summed E-state index contributed by atoms with van der Waals surface area (Å²) in [6.07, 6.45) is 5.27. The minimum Gasteiger partial charge on any atom is -0.378 e. The number of rotatable bonds is 7. The molecule has 0 aliphatic carbocycles. The molecule has 0 bridgehead atoms. The highest BCUT2D eigenvalue weighted by Crippen LogP contribution is 2.33. The monoisotopic (exact) mass is 275 g/mol. The largest absolute Gasteiger partial charge is 0.378 e. The Morgan fingerprint density at radius 1 is 1.25 bits per heavy atom. The van der Waals surface area contributed by atoms with E-state index in [4.69, 9.17) is 4.74 Å². The molecule has 112 valence electrons. The van der Waals surface area contributed by atoms with E-state index < -0.39 is 0 Å². The Bertz CT molecular complexity index is 387. The summed E-state index contributed by atoms with van der Waals surface area (Å²) in [5.41, 5.74) is 2.87. The van der Waals surface area contributed by atoms with Gasteiger partial charge in [-0.15, -0.1) is 0 Å². The second-order valence-corrected chi connectivity index (χ2v) is 5.91. The molecule has 1 aromatic carbocycles. The maximum Gasteiger partial charge on any atom is 0.0594 e. The number of ether oxygens (including phenoxy) is 1. The summed E-state index contributed by atoms with van der Waals surface area (Å²) in [6, 6.07) is 9.65. The molecule has 1 fully saturated rings. The van der Waals surface area contributed by atoms with Crippen LogP contribution in [-0.4, -0.2) is 19.3 Å². The fourth-order valence-corrected chi connectivity index (χ4v) is 3.19. The first-order valence-electron chi connectivity index (χ1n) is 8.20. The van der Waals surface area contributed by atoms with Crippen LogP contribution in [0, 0.1) is 5.92 Å². The van der Waals surface area contributed by atoms with Crippen LogP contribution in [0.25, 0.3) is 0 Å². The molecule has 0 radical (unpaired) electrons. The summed E-state index contributed by atoms with van der Waals surface area (Å²) >= 11 is 0. The Hall–Kier alpha value is -0.860. The smallest absolute Gasteiger partial charge is 0.0594 e. The molecule has 2 heteroatoms. The molecule has 0 amide bonds. The second-order valence-electron chi connectivity index (χ2n) is 5.91. The van der Waals surface area contributed by atoms with Crippen LogP contribution in [0.4, 0.5) is 0 Å². The Kier molecular flexibility index (Phi) is 6.06. The van der Waals surface area contributed by atoms with Crippen molar-refractivity contribution in [2.75, 3.05) is 13.2 Å². The fourth-order valence-electron chi connectivity index (χ4n) is 3.19. The highest BCUT2D eigenvalue weighted by molar-refractivity contribution is 5.26. The van der Waals surface area contributed by atoms with Crippen LogP contribution in [0.2, 0.25) is 0 Å². The standard InChI is InChI=1S/C18H29NO/c1-4-6-7-15-8-10-16(11-9-15)18(19-5-2)17-12-13-20-14(17)3/h8-11,14,17-19H,4-7,12-13H2,1-3H3. The van der Waals surface area contributed by atoms with Crippen molar-refractivity contribution in [2.24, 2.45) is 5.92 Å². The first-order chi connectivity index (χ1) is 9.76. The van der Waals surface area contributed by atoms with Crippen molar-refractivity contribution in [2.45, 2.75) is 58.6 Å². The predicted octanol–water partition coefficient (Wildman–Crippen LogP) is 4.10. The number of hydrogen-bond acceptors (Lipinski definition) is 2. The third kappa shape index (κ3) is 3.83. The lowest BCUT2D eigenvalue weighted by Gasteiger charge is -2.27. The summed E-state index contributed by atoms with van der Waals surface area (Å²) in [5, 5.41) is 3.65. The van der Waals surface area contributed by atoms with Crippen molar-refractivity contribution in [1.82, 2.24) is 5.32 Å². The molecule has 0 aromatic heterocycles. The van der Waals surface area contributed by atoms with E-state index >= 15 is 0 Å². The van der Waals surface area contributed by atoms with E-state index in [9.17, 15) is 0 Å². The van der Waals surface area contributed by atoms with Gasteiger partial charge >= 0.3 is 0 Å². The third-order valence-electron chi connectivity index (χ3n) is 4.44. The van der Waals surface area contributed by atoms with Gasteiger partial charge in [0.25, 0.3) is 0 Å². The quantitative estimate of drug-likeness (QED) is 0.808. The maximum absolute atomic E-state index is 5.75. The second kappa shape index (κ2) is 7.80. The van der Waals surface area contributed by atoms with Crippen LogP contribution in [-0.2, 0) is 11.2 Å². The van der Waals surface area contributed by atoms with Crippen LogP contribution in [0.15, 0.2) is 24.3 Å². The van der Waals surface area contributed by atoms with Gasteiger partial charge in [-0.1, -0.05) is 44.5 Å². The van der Waals surface area contributed by atoms with E-state index in [1.165, 1.54) is 30.4 Å². The molecule has 0 spiro atoms. The molecule has 1 aliphatic heterocycles. The van der Waals surface area contributed by atoms with E-state index in [1.807, 2.05) is 0 Å². The number of aryl methyl sites for hydroxylation is 1. The van der Waals surface area contributed by atoms with Gasteiger partial charge in [0.2, 0.25) is 0 Å². The van der Waals surface area contributed by atoms with Gasteiger partial charge in [0, 0.05) is 18.6 Å². The van der Waals surface area contributed by atoms with Crippen molar-refractivity contribution in [3.8, 4) is 0 Å². The molecule has 0 saturated carbocycles. The van der Waals surface area contributed by atoms with Gasteiger partial charge in [0.05, 0.1) is 6.10 Å². The SMILES string of the molecule is CCCCc1ccc(C(NCC)C2CCOC2C)cc1. The van der Waals surface area contributed by atoms with Gasteiger partial charge in [-0.2, -0.15) is 0 Å². The van der Waals surface area contributed by atoms with Crippen molar-refractivity contribution < 1.29 is 4.74 Å². The molecular weight excluding hydrogens is 246 g/mol. The number of benzene rings is 1. The Morgan fingerprint density at radius 2 is 2.00 bits per heavy atom. The van der Waals surface area contributed by atoms with Crippen LogP contribution >= 0.6 is 0 Å². The number of nitrogens with one attached hydrogen (secondary N) is 1. The fraction of sp³-hybridized carbons (Fsp3) is 0.667. The van der Waals surface area contributed by atoms with E-state index in [0.717, 1.165) is 19.6 Å². The lowest BCUT2D eigenvalue weighted by Crippen LogP contribution is -2.31. The van der Waals surface area contributed by atoms with Crippen LogP contribution in [0.5, 0.6) is 0 Å². The highest BCUT2D eigenvalue weighted by atomic mass is 16.5. The Morgan fingerprint density at radius 3 is 2.55 bits per heavy atom. The summed E-state index contributed by atoms with van der Waals surface area (Å²) in [4.78, 5) is 0. The van der Waals surface area contributed by atoms with E-state index in [2.05, 4.69) is 50.4 Å². The lowest BCUT2D eigenvalue weighted by atomic mass is 9.87. The third-order valence-corrected chi connectivity index (χ3v) is 4.44. The van der Waals surface area contributed by atoms with Gasteiger partial charge in [0.1, 0.15) is 0 Å². The normalized spacial score (nSPS) is 23.9. The molecule has 1 N–H and O–H groups in total. The summed E-state index contributed by atoms with van der Waals surface area (Å²) in [7, 11) is 0. The van der Waals surface area contributed by atoms with Gasteiger partial charge in [-0.05, 0) is 43.9 Å². The molecule has 3 atom stereocenters. The lowest BCUT2D eigenvalue weighted by molar-refractivity contribution is 0.0956. The van der Waals surface area contributed by atoms with E-state index in [-0.39, 0.29) is 0 Å². The van der Waals surface area contributed by atoms with Crippen molar-refractivity contribution in [1.29, 1.82) is 0 Å². The predicted molar refractivity (Wildman–Crippen MR) is 85.0 cm³/mol. The number of unbranched alkanes of at least 4 members (excludes halogenated alkanes) is 1. The van der Waals surface area contributed by atoms with Gasteiger partial charge < -0.3 is 10.1 Å². The molecule has 2 nitrogen and oxygen atoms in total. The van der Waals surface area contributed by atoms with Crippen LogP contribution in [0.3, 0.4) is 0 Å². The van der Waals surface area contributed by atoms with Crippen molar-refractivity contribution in [3.05, 3.63) is 35.4 Å². The topological polar surface area (TPSA) is 21.3 Å². The molecule has 1 heterocycles. The van der Waals surface area contributed by atoms with Crippen LogP contribution in [0.1, 0.15) is 57.2 Å². The average Bonchev–Trinajstić information content (AvgIpc) is 2.89. The zero-order valence-electron chi connectivity index (χ0n) is 13.2. The Balaban J connectivity index is 2.08. The average molecular weight is 275 g/mol. The number of hydrogen-bond donors (Lipinski definition) is 1. The molecule has 1 aromatic rings. The molecule has 2 rings (SSSR count). The zero-order valence-corrected chi connectivity index (χ0v) is 13.2. The van der Waals surface area contributed by atoms with E-state index in [0.29, 0.717) is 18.1 Å². The van der Waals surface area contributed by atoms with Gasteiger partial charge in [-0.25, -0.2) is 0 Å². The zero-order chi connectivity index (χ0) is 14.4. The minimum atomic E-state index is 0.360. The minimum absolute atomic E-state index is 0.360. The van der Waals surface area contributed by atoms with Gasteiger partial charge in [-0.3, -0.25) is 0 Å². The molecule has 1 saturated heterocycles. The maximum atomic E-state index is 5.75. The highest BCUT2D eigenvalue weighted by Gasteiger charge is 2.32. The van der Waals surface area contributed by atoms with E-state index in [1.54, 1.807) is 0 Å².